The lowest BCUT2D eigenvalue weighted by Gasteiger charge is -2.01. The van der Waals surface area contributed by atoms with E-state index in [4.69, 9.17) is 4.74 Å². The van der Waals surface area contributed by atoms with Gasteiger partial charge >= 0.3 is 0 Å². The van der Waals surface area contributed by atoms with Crippen molar-refractivity contribution in [2.45, 2.75) is 13.5 Å². The summed E-state index contributed by atoms with van der Waals surface area (Å²) in [6, 6.07) is 8.10. The van der Waals surface area contributed by atoms with Gasteiger partial charge in [-0.3, -0.25) is 0 Å². The Morgan fingerprint density at radius 2 is 2.00 bits per heavy atom. The molecule has 0 bridgehead atoms. The van der Waals surface area contributed by atoms with E-state index in [-0.39, 0.29) is 0 Å². The van der Waals surface area contributed by atoms with Crippen LogP contribution in [0.25, 0.3) is 10.4 Å². The number of hydrogen-bond donors (Lipinski definition) is 1. The third kappa shape index (κ3) is 2.65. The molecule has 0 amide bonds. The molecular weight excluding hydrogens is 232 g/mol. The van der Waals surface area contributed by atoms with Gasteiger partial charge in [-0.2, -0.15) is 0 Å². The Kier molecular flexibility index (Phi) is 3.76. The highest BCUT2D eigenvalue weighted by Gasteiger charge is 2.09. The van der Waals surface area contributed by atoms with E-state index in [0.29, 0.717) is 0 Å². The number of methoxy groups -OCH3 is 1. The molecule has 3 nitrogen and oxygen atoms in total. The largest absolute Gasteiger partial charge is 0.497 e. The molecule has 0 spiro atoms. The zero-order chi connectivity index (χ0) is 12.3. The fraction of sp³-hybridized carbons (Fsp3) is 0.308. The van der Waals surface area contributed by atoms with Gasteiger partial charge in [-0.15, -0.1) is 11.3 Å². The van der Waals surface area contributed by atoms with Crippen LogP contribution in [0.3, 0.4) is 0 Å². The van der Waals surface area contributed by atoms with Crippen LogP contribution in [0.15, 0.2) is 24.3 Å². The molecule has 0 radical (unpaired) electrons. The average Bonchev–Trinajstić information content (AvgIpc) is 2.71. The maximum Gasteiger partial charge on any atom is 0.118 e. The van der Waals surface area contributed by atoms with Gasteiger partial charge in [-0.25, -0.2) is 4.98 Å². The van der Waals surface area contributed by atoms with Crippen LogP contribution in [-0.2, 0) is 6.54 Å². The second-order valence-corrected chi connectivity index (χ2v) is 4.86. The van der Waals surface area contributed by atoms with Crippen LogP contribution in [0.4, 0.5) is 0 Å². The van der Waals surface area contributed by atoms with E-state index in [1.807, 2.05) is 19.2 Å². The van der Waals surface area contributed by atoms with Crippen LogP contribution in [0, 0.1) is 6.92 Å². The van der Waals surface area contributed by atoms with Gasteiger partial charge in [0.1, 0.15) is 10.8 Å². The Morgan fingerprint density at radius 1 is 1.29 bits per heavy atom. The lowest BCUT2D eigenvalue weighted by atomic mass is 10.1. The van der Waals surface area contributed by atoms with Gasteiger partial charge in [0.15, 0.2) is 0 Å². The topological polar surface area (TPSA) is 34.2 Å². The molecule has 0 aliphatic carbocycles. The van der Waals surface area contributed by atoms with Gasteiger partial charge in [-0.1, -0.05) is 0 Å². The third-order valence-electron chi connectivity index (χ3n) is 2.52. The van der Waals surface area contributed by atoms with Crippen molar-refractivity contribution in [3.63, 3.8) is 0 Å². The normalized spacial score (nSPS) is 10.5. The molecule has 17 heavy (non-hydrogen) atoms. The van der Waals surface area contributed by atoms with Crippen molar-refractivity contribution in [2.75, 3.05) is 14.2 Å². The fourth-order valence-corrected chi connectivity index (χ4v) is 2.77. The second kappa shape index (κ2) is 5.29. The van der Waals surface area contributed by atoms with Crippen molar-refractivity contribution in [1.82, 2.24) is 10.3 Å². The summed E-state index contributed by atoms with van der Waals surface area (Å²) in [6.07, 6.45) is 0. The van der Waals surface area contributed by atoms with E-state index in [1.165, 1.54) is 10.4 Å². The molecule has 0 atom stereocenters. The lowest BCUT2D eigenvalue weighted by molar-refractivity contribution is 0.415. The van der Waals surface area contributed by atoms with E-state index in [2.05, 4.69) is 29.4 Å². The number of benzene rings is 1. The van der Waals surface area contributed by atoms with Crippen LogP contribution in [-0.4, -0.2) is 19.1 Å². The summed E-state index contributed by atoms with van der Waals surface area (Å²) in [4.78, 5) is 5.78. The fourth-order valence-electron chi connectivity index (χ4n) is 1.69. The molecule has 0 saturated carbocycles. The van der Waals surface area contributed by atoms with Crippen LogP contribution in [0.2, 0.25) is 0 Å². The Labute approximate surface area is 105 Å². The number of aryl methyl sites for hydroxylation is 1. The molecule has 1 aromatic heterocycles. The highest BCUT2D eigenvalue weighted by atomic mass is 32.1. The van der Waals surface area contributed by atoms with Crippen molar-refractivity contribution in [2.24, 2.45) is 0 Å². The molecule has 0 aliphatic rings. The maximum atomic E-state index is 5.16. The first-order valence-electron chi connectivity index (χ1n) is 5.50. The molecule has 1 heterocycles. The Bertz CT molecular complexity index is 491. The molecule has 0 fully saturated rings. The summed E-state index contributed by atoms with van der Waals surface area (Å²) in [5.74, 6) is 0.881. The number of rotatable bonds is 4. The minimum atomic E-state index is 0.821. The van der Waals surface area contributed by atoms with E-state index < -0.39 is 0 Å². The van der Waals surface area contributed by atoms with Crippen molar-refractivity contribution in [1.29, 1.82) is 0 Å². The summed E-state index contributed by atoms with van der Waals surface area (Å²) in [6.45, 7) is 2.87. The standard InChI is InChI=1S/C13H16N2OS/c1-9-13(17-12(15-9)8-14-2)10-4-6-11(16-3)7-5-10/h4-7,14H,8H2,1-3H3. The van der Waals surface area contributed by atoms with Gasteiger partial charge in [0, 0.05) is 6.54 Å². The molecule has 90 valence electrons. The SMILES string of the molecule is CNCc1nc(C)c(-c2ccc(OC)cc2)s1. The van der Waals surface area contributed by atoms with Crippen LogP contribution in [0.5, 0.6) is 5.75 Å². The molecule has 0 unspecified atom stereocenters. The van der Waals surface area contributed by atoms with E-state index in [9.17, 15) is 0 Å². The number of thiazole rings is 1. The molecule has 2 rings (SSSR count). The van der Waals surface area contributed by atoms with Crippen molar-refractivity contribution < 1.29 is 4.74 Å². The van der Waals surface area contributed by atoms with Gasteiger partial charge in [0.05, 0.1) is 17.7 Å². The van der Waals surface area contributed by atoms with E-state index in [1.54, 1.807) is 18.4 Å². The van der Waals surface area contributed by atoms with Crippen LogP contribution in [0.1, 0.15) is 10.7 Å². The Balaban J connectivity index is 2.31. The highest BCUT2D eigenvalue weighted by molar-refractivity contribution is 7.15. The predicted molar refractivity (Wildman–Crippen MR) is 71.6 cm³/mol. The monoisotopic (exact) mass is 248 g/mol. The maximum absolute atomic E-state index is 5.16. The summed E-state index contributed by atoms with van der Waals surface area (Å²) in [5.41, 5.74) is 2.29. The van der Waals surface area contributed by atoms with Gasteiger partial charge in [0.2, 0.25) is 0 Å². The van der Waals surface area contributed by atoms with Crippen molar-refractivity contribution in [3.05, 3.63) is 35.0 Å². The van der Waals surface area contributed by atoms with Crippen LogP contribution >= 0.6 is 11.3 Å². The summed E-state index contributed by atoms with van der Waals surface area (Å²) in [7, 11) is 3.61. The number of aromatic nitrogens is 1. The molecule has 4 heteroatoms. The van der Waals surface area contributed by atoms with Crippen LogP contribution < -0.4 is 10.1 Å². The minimum absolute atomic E-state index is 0.821. The minimum Gasteiger partial charge on any atom is -0.497 e. The first kappa shape index (κ1) is 12.1. The Hall–Kier alpha value is -1.39. The number of nitrogens with zero attached hydrogens (tertiary/aromatic N) is 1. The molecule has 1 aromatic carbocycles. The molecule has 0 aliphatic heterocycles. The zero-order valence-electron chi connectivity index (χ0n) is 10.3. The Morgan fingerprint density at radius 3 is 2.59 bits per heavy atom. The summed E-state index contributed by atoms with van der Waals surface area (Å²) >= 11 is 1.74. The zero-order valence-corrected chi connectivity index (χ0v) is 11.1. The number of nitrogens with one attached hydrogen (secondary N) is 1. The molecular formula is C13H16N2OS. The first-order chi connectivity index (χ1) is 8.24. The third-order valence-corrected chi connectivity index (χ3v) is 3.73. The quantitative estimate of drug-likeness (QED) is 0.903. The number of hydrogen-bond acceptors (Lipinski definition) is 4. The second-order valence-electron chi connectivity index (χ2n) is 3.78. The lowest BCUT2D eigenvalue weighted by Crippen LogP contribution is -2.04. The van der Waals surface area contributed by atoms with E-state index in [0.717, 1.165) is 23.0 Å². The average molecular weight is 248 g/mol. The highest BCUT2D eigenvalue weighted by Crippen LogP contribution is 2.31. The number of ether oxygens (including phenoxy) is 1. The van der Waals surface area contributed by atoms with Crippen molar-refractivity contribution in [3.8, 4) is 16.2 Å². The molecule has 0 saturated heterocycles. The van der Waals surface area contributed by atoms with Gasteiger partial charge < -0.3 is 10.1 Å². The van der Waals surface area contributed by atoms with Crippen molar-refractivity contribution >= 4 is 11.3 Å². The summed E-state index contributed by atoms with van der Waals surface area (Å²) < 4.78 is 5.16. The predicted octanol–water partition coefficient (Wildman–Crippen LogP) is 2.85. The van der Waals surface area contributed by atoms with E-state index >= 15 is 0 Å². The van der Waals surface area contributed by atoms with Gasteiger partial charge in [-0.05, 0) is 43.8 Å². The summed E-state index contributed by atoms with van der Waals surface area (Å²) in [5, 5.41) is 4.24. The van der Waals surface area contributed by atoms with Gasteiger partial charge in [0.25, 0.3) is 0 Å². The first-order valence-corrected chi connectivity index (χ1v) is 6.31. The smallest absolute Gasteiger partial charge is 0.118 e. The molecule has 2 aromatic rings. The molecule has 1 N–H and O–H groups in total.